The Morgan fingerprint density at radius 2 is 2.19 bits per heavy atom. The third-order valence-corrected chi connectivity index (χ3v) is 3.08. The first-order valence-electron chi connectivity index (χ1n) is 5.60. The van der Waals surface area contributed by atoms with Crippen LogP contribution in [-0.4, -0.2) is 16.6 Å². The fourth-order valence-electron chi connectivity index (χ4n) is 1.84. The molecule has 0 bridgehead atoms. The van der Waals surface area contributed by atoms with Crippen LogP contribution in [0.2, 0.25) is 0 Å². The van der Waals surface area contributed by atoms with Gasteiger partial charge < -0.3 is 9.52 Å². The fraction of sp³-hybridized carbons (Fsp3) is 0.583. The minimum absolute atomic E-state index is 0.106. The first kappa shape index (κ1) is 12.8. The molecule has 4 heteroatoms. The average molecular weight is 225 g/mol. The molecule has 0 amide bonds. The second kappa shape index (κ2) is 5.16. The summed E-state index contributed by atoms with van der Waals surface area (Å²) in [5.74, 6) is -0.0524. The molecule has 1 aromatic heterocycles. The van der Waals surface area contributed by atoms with E-state index >= 15 is 0 Å². The van der Waals surface area contributed by atoms with Gasteiger partial charge in [-0.3, -0.25) is 10.1 Å². The molecule has 0 saturated carbocycles. The Kier molecular flexibility index (Phi) is 4.12. The van der Waals surface area contributed by atoms with E-state index in [0.717, 1.165) is 5.76 Å². The van der Waals surface area contributed by atoms with E-state index in [2.05, 4.69) is 5.32 Å². The lowest BCUT2D eigenvalue weighted by atomic mass is 9.91. The van der Waals surface area contributed by atoms with E-state index in [4.69, 9.17) is 4.42 Å². The predicted octanol–water partition coefficient (Wildman–Crippen LogP) is 2.57. The van der Waals surface area contributed by atoms with Crippen molar-refractivity contribution in [1.29, 1.82) is 0 Å². The summed E-state index contributed by atoms with van der Waals surface area (Å²) in [6, 6.07) is 3.54. The van der Waals surface area contributed by atoms with Crippen molar-refractivity contribution in [3.63, 3.8) is 0 Å². The Morgan fingerprint density at radius 3 is 2.56 bits per heavy atom. The predicted molar refractivity (Wildman–Crippen MR) is 61.2 cm³/mol. The maximum Gasteiger partial charge on any atom is 0.323 e. The molecule has 0 spiro atoms. The Hall–Kier alpha value is -1.29. The standard InChI is InChI=1S/C12H19NO3/c1-4-12(5-2,11(14)15)13-9(3)10-7-6-8-16-10/h6-9,13H,4-5H2,1-3H3,(H,14,15). The maximum absolute atomic E-state index is 11.3. The summed E-state index contributed by atoms with van der Waals surface area (Å²) in [4.78, 5) is 11.3. The molecule has 1 unspecified atom stereocenters. The van der Waals surface area contributed by atoms with Gasteiger partial charge in [-0.05, 0) is 31.9 Å². The van der Waals surface area contributed by atoms with Crippen LogP contribution in [0.3, 0.4) is 0 Å². The number of hydrogen-bond donors (Lipinski definition) is 2. The van der Waals surface area contributed by atoms with E-state index in [1.807, 2.05) is 26.8 Å². The van der Waals surface area contributed by atoms with Crippen LogP contribution in [0, 0.1) is 0 Å². The summed E-state index contributed by atoms with van der Waals surface area (Å²) in [5.41, 5.74) is -0.869. The summed E-state index contributed by atoms with van der Waals surface area (Å²) in [7, 11) is 0. The minimum atomic E-state index is -0.869. The highest BCUT2D eigenvalue weighted by Crippen LogP contribution is 2.22. The topological polar surface area (TPSA) is 62.5 Å². The number of carboxylic acid groups (broad SMARTS) is 1. The van der Waals surface area contributed by atoms with Crippen molar-refractivity contribution in [2.75, 3.05) is 0 Å². The van der Waals surface area contributed by atoms with Gasteiger partial charge in [-0.2, -0.15) is 0 Å². The lowest BCUT2D eigenvalue weighted by Gasteiger charge is -2.31. The molecule has 1 rings (SSSR count). The normalized spacial score (nSPS) is 13.7. The monoisotopic (exact) mass is 225 g/mol. The van der Waals surface area contributed by atoms with Gasteiger partial charge in [-0.15, -0.1) is 0 Å². The van der Waals surface area contributed by atoms with Gasteiger partial charge in [0.25, 0.3) is 0 Å². The lowest BCUT2D eigenvalue weighted by Crippen LogP contribution is -2.51. The molecule has 0 aromatic carbocycles. The second-order valence-electron chi connectivity index (χ2n) is 3.98. The molecule has 2 N–H and O–H groups in total. The van der Waals surface area contributed by atoms with Crippen molar-refractivity contribution in [3.8, 4) is 0 Å². The first-order valence-corrected chi connectivity index (χ1v) is 5.60. The maximum atomic E-state index is 11.3. The number of carbonyl (C=O) groups is 1. The third-order valence-electron chi connectivity index (χ3n) is 3.08. The van der Waals surface area contributed by atoms with E-state index in [-0.39, 0.29) is 6.04 Å². The molecule has 0 radical (unpaired) electrons. The molecule has 90 valence electrons. The highest BCUT2D eigenvalue weighted by atomic mass is 16.4. The zero-order valence-electron chi connectivity index (χ0n) is 9.99. The second-order valence-corrected chi connectivity index (χ2v) is 3.98. The summed E-state index contributed by atoms with van der Waals surface area (Å²) in [6.45, 7) is 5.65. The molecule has 1 atom stereocenters. The molecule has 1 heterocycles. The molecule has 0 fully saturated rings. The van der Waals surface area contributed by atoms with Crippen LogP contribution in [-0.2, 0) is 4.79 Å². The van der Waals surface area contributed by atoms with E-state index in [1.165, 1.54) is 0 Å². The molecular formula is C12H19NO3. The first-order chi connectivity index (χ1) is 7.55. The molecule has 0 aliphatic carbocycles. The average Bonchev–Trinajstić information content (AvgIpc) is 2.78. The van der Waals surface area contributed by atoms with Crippen LogP contribution in [0.25, 0.3) is 0 Å². The Morgan fingerprint density at radius 1 is 1.56 bits per heavy atom. The van der Waals surface area contributed by atoms with Gasteiger partial charge in [0.15, 0.2) is 0 Å². The van der Waals surface area contributed by atoms with Crippen molar-refractivity contribution >= 4 is 5.97 Å². The van der Waals surface area contributed by atoms with Crippen LogP contribution >= 0.6 is 0 Å². The Balaban J connectivity index is 2.80. The Bertz CT molecular complexity index is 328. The summed E-state index contributed by atoms with van der Waals surface area (Å²) < 4.78 is 5.25. The SMILES string of the molecule is CCC(CC)(NC(C)c1ccco1)C(=O)O. The van der Waals surface area contributed by atoms with Gasteiger partial charge in [0.1, 0.15) is 11.3 Å². The van der Waals surface area contributed by atoms with E-state index in [0.29, 0.717) is 12.8 Å². The van der Waals surface area contributed by atoms with Crippen molar-refractivity contribution < 1.29 is 14.3 Å². The molecule has 16 heavy (non-hydrogen) atoms. The number of hydrogen-bond acceptors (Lipinski definition) is 3. The molecular weight excluding hydrogens is 206 g/mol. The molecule has 0 aliphatic rings. The van der Waals surface area contributed by atoms with Gasteiger partial charge in [-0.1, -0.05) is 13.8 Å². The van der Waals surface area contributed by atoms with E-state index < -0.39 is 11.5 Å². The largest absolute Gasteiger partial charge is 0.480 e. The van der Waals surface area contributed by atoms with Crippen LogP contribution < -0.4 is 5.32 Å². The lowest BCUT2D eigenvalue weighted by molar-refractivity contribution is -0.145. The van der Waals surface area contributed by atoms with Gasteiger partial charge in [0, 0.05) is 0 Å². The number of aliphatic carboxylic acids is 1. The fourth-order valence-corrected chi connectivity index (χ4v) is 1.84. The summed E-state index contributed by atoms with van der Waals surface area (Å²) in [6.07, 6.45) is 2.68. The van der Waals surface area contributed by atoms with Crippen molar-refractivity contribution in [2.24, 2.45) is 0 Å². The van der Waals surface area contributed by atoms with Crippen molar-refractivity contribution in [3.05, 3.63) is 24.2 Å². The van der Waals surface area contributed by atoms with Gasteiger partial charge in [-0.25, -0.2) is 0 Å². The zero-order valence-corrected chi connectivity index (χ0v) is 9.99. The Labute approximate surface area is 95.7 Å². The van der Waals surface area contributed by atoms with E-state index in [1.54, 1.807) is 12.3 Å². The van der Waals surface area contributed by atoms with Crippen LogP contribution in [0.1, 0.15) is 45.4 Å². The van der Waals surface area contributed by atoms with Gasteiger partial charge in [0.2, 0.25) is 0 Å². The highest BCUT2D eigenvalue weighted by molar-refractivity contribution is 5.78. The highest BCUT2D eigenvalue weighted by Gasteiger charge is 2.36. The van der Waals surface area contributed by atoms with Crippen LogP contribution in [0.5, 0.6) is 0 Å². The van der Waals surface area contributed by atoms with Crippen LogP contribution in [0.15, 0.2) is 22.8 Å². The molecule has 0 aliphatic heterocycles. The molecule has 1 aromatic rings. The smallest absolute Gasteiger partial charge is 0.323 e. The number of nitrogens with one attached hydrogen (secondary N) is 1. The van der Waals surface area contributed by atoms with E-state index in [9.17, 15) is 9.90 Å². The quantitative estimate of drug-likeness (QED) is 0.781. The zero-order chi connectivity index (χ0) is 12.2. The summed E-state index contributed by atoms with van der Waals surface area (Å²) >= 11 is 0. The van der Waals surface area contributed by atoms with Crippen LogP contribution in [0.4, 0.5) is 0 Å². The molecule has 0 saturated heterocycles. The van der Waals surface area contributed by atoms with Crippen molar-refractivity contribution in [2.45, 2.75) is 45.2 Å². The number of furan rings is 1. The third kappa shape index (κ3) is 2.44. The number of rotatable bonds is 6. The van der Waals surface area contributed by atoms with Gasteiger partial charge >= 0.3 is 5.97 Å². The van der Waals surface area contributed by atoms with Crippen molar-refractivity contribution in [1.82, 2.24) is 5.32 Å². The molecule has 4 nitrogen and oxygen atoms in total. The summed E-state index contributed by atoms with van der Waals surface area (Å²) in [5, 5.41) is 12.4. The minimum Gasteiger partial charge on any atom is -0.480 e. The van der Waals surface area contributed by atoms with Gasteiger partial charge in [0.05, 0.1) is 12.3 Å². The number of carboxylic acids is 1.